The SMILES string of the molecule is [Fe].[N-]=[N+]=N/C(O)=C1\C=CC(c2ccc(C(F)(F)F)cc2)=C1.c1cc[cH-]c1. The molecule has 0 atom stereocenters. The monoisotopic (exact) mass is 400 g/mol. The molecule has 1 aliphatic rings. The van der Waals surface area contributed by atoms with E-state index in [1.165, 1.54) is 24.3 Å². The number of halogens is 3. The number of allylic oxidation sites excluding steroid dienone is 5. The molecular weight excluding hydrogens is 387 g/mol. The smallest absolute Gasteiger partial charge is 0.416 e. The molecule has 0 unspecified atom stereocenters. The van der Waals surface area contributed by atoms with Crippen molar-refractivity contribution in [3.05, 3.63) is 106 Å². The van der Waals surface area contributed by atoms with Crippen molar-refractivity contribution in [1.29, 1.82) is 0 Å². The van der Waals surface area contributed by atoms with Gasteiger partial charge in [-0.25, -0.2) is 12.1 Å². The van der Waals surface area contributed by atoms with Crippen molar-refractivity contribution in [2.75, 3.05) is 0 Å². The van der Waals surface area contributed by atoms with Gasteiger partial charge in [0.15, 0.2) is 5.88 Å². The van der Waals surface area contributed by atoms with Gasteiger partial charge in [-0.05, 0) is 40.0 Å². The van der Waals surface area contributed by atoms with E-state index < -0.39 is 17.6 Å². The Morgan fingerprint density at radius 2 is 1.69 bits per heavy atom. The van der Waals surface area contributed by atoms with E-state index in [0.717, 1.165) is 12.1 Å². The standard InChI is InChI=1S/C13H8F3N3O.C5H5.Fe/c14-13(15,16)11-5-3-8(4-6-11)9-1-2-10(7-9)12(20)18-19-17;1-2-4-5-3-1;/h1-7,20H;1-5H;/q;-1;/b12-10-;;. The van der Waals surface area contributed by atoms with Crippen LogP contribution in [0.4, 0.5) is 13.2 Å². The van der Waals surface area contributed by atoms with E-state index in [-0.39, 0.29) is 17.1 Å². The molecule has 0 aliphatic heterocycles. The minimum atomic E-state index is -4.37. The van der Waals surface area contributed by atoms with Crippen molar-refractivity contribution in [1.82, 2.24) is 0 Å². The molecule has 3 rings (SSSR count). The molecule has 4 nitrogen and oxygen atoms in total. The van der Waals surface area contributed by atoms with E-state index in [0.29, 0.717) is 16.7 Å². The summed E-state index contributed by atoms with van der Waals surface area (Å²) in [6, 6.07) is 14.6. The molecule has 0 amide bonds. The van der Waals surface area contributed by atoms with Crippen LogP contribution in [0.2, 0.25) is 0 Å². The van der Waals surface area contributed by atoms with Gasteiger partial charge in [0, 0.05) is 27.6 Å². The second-order valence-electron chi connectivity index (χ2n) is 4.94. The average molecular weight is 400 g/mol. The predicted octanol–water partition coefficient (Wildman–Crippen LogP) is 6.14. The molecule has 1 N–H and O–H groups in total. The third-order valence-electron chi connectivity index (χ3n) is 3.25. The summed E-state index contributed by atoms with van der Waals surface area (Å²) in [7, 11) is 0. The largest absolute Gasteiger partial charge is 0.506 e. The number of hydrogen-bond donors (Lipinski definition) is 1. The Morgan fingerprint density at radius 1 is 1.08 bits per heavy atom. The number of nitrogens with zero attached hydrogens (tertiary/aromatic N) is 3. The molecule has 0 spiro atoms. The molecule has 0 fully saturated rings. The number of rotatable bonds is 2. The molecule has 26 heavy (non-hydrogen) atoms. The van der Waals surface area contributed by atoms with Gasteiger partial charge in [-0.3, -0.25) is 0 Å². The first-order valence-electron chi connectivity index (χ1n) is 7.14. The fraction of sp³-hybridized carbons (Fsp3) is 0.0556. The number of aliphatic hydroxyl groups excluding tert-OH is 1. The van der Waals surface area contributed by atoms with Crippen LogP contribution in [-0.2, 0) is 23.2 Å². The summed E-state index contributed by atoms with van der Waals surface area (Å²) >= 11 is 0. The van der Waals surface area contributed by atoms with Gasteiger partial charge in [-0.1, -0.05) is 24.3 Å². The van der Waals surface area contributed by atoms with Gasteiger partial charge in [-0.15, -0.1) is 0 Å². The summed E-state index contributed by atoms with van der Waals surface area (Å²) in [6.45, 7) is 0. The minimum Gasteiger partial charge on any atom is -0.506 e. The van der Waals surface area contributed by atoms with Crippen LogP contribution in [0, 0.1) is 0 Å². The molecule has 0 heterocycles. The van der Waals surface area contributed by atoms with Gasteiger partial charge in [0.1, 0.15) is 0 Å². The first-order valence-corrected chi connectivity index (χ1v) is 7.14. The number of aliphatic hydroxyl groups is 1. The van der Waals surface area contributed by atoms with Crippen molar-refractivity contribution in [3.8, 4) is 0 Å². The van der Waals surface area contributed by atoms with Crippen molar-refractivity contribution >= 4 is 5.57 Å². The first-order chi connectivity index (χ1) is 11.9. The van der Waals surface area contributed by atoms with E-state index in [1.54, 1.807) is 6.08 Å². The van der Waals surface area contributed by atoms with Crippen molar-refractivity contribution < 1.29 is 35.3 Å². The first kappa shape index (κ1) is 21.3. The normalized spacial score (nSPS) is 14.3. The van der Waals surface area contributed by atoms with Crippen LogP contribution in [0.25, 0.3) is 16.0 Å². The van der Waals surface area contributed by atoms with Crippen molar-refractivity contribution in [2.45, 2.75) is 6.18 Å². The summed E-state index contributed by atoms with van der Waals surface area (Å²) < 4.78 is 37.3. The zero-order chi connectivity index (χ0) is 18.3. The summed E-state index contributed by atoms with van der Waals surface area (Å²) in [4.78, 5) is 2.45. The Labute approximate surface area is 158 Å². The zero-order valence-corrected chi connectivity index (χ0v) is 14.3. The van der Waals surface area contributed by atoms with Gasteiger partial charge in [0.25, 0.3) is 0 Å². The maximum absolute atomic E-state index is 12.4. The summed E-state index contributed by atoms with van der Waals surface area (Å²) in [5.41, 5.74) is 8.96. The van der Waals surface area contributed by atoms with Gasteiger partial charge >= 0.3 is 6.18 Å². The maximum Gasteiger partial charge on any atom is 0.416 e. The van der Waals surface area contributed by atoms with Crippen LogP contribution in [0.1, 0.15) is 11.1 Å². The maximum atomic E-state index is 12.4. The molecule has 2 aromatic rings. The Kier molecular flexibility index (Phi) is 7.87. The topological polar surface area (TPSA) is 69.0 Å². The van der Waals surface area contributed by atoms with E-state index in [9.17, 15) is 18.3 Å². The van der Waals surface area contributed by atoms with Crippen molar-refractivity contribution in [3.63, 3.8) is 0 Å². The van der Waals surface area contributed by atoms with Gasteiger partial charge in [0.2, 0.25) is 0 Å². The van der Waals surface area contributed by atoms with E-state index in [1.807, 2.05) is 30.3 Å². The molecule has 1 aliphatic carbocycles. The molecule has 0 saturated heterocycles. The van der Waals surface area contributed by atoms with Crippen LogP contribution in [-0.4, -0.2) is 5.11 Å². The number of benzene rings is 1. The summed E-state index contributed by atoms with van der Waals surface area (Å²) in [5.74, 6) is -0.481. The Bertz CT molecular complexity index is 828. The minimum absolute atomic E-state index is 0. The van der Waals surface area contributed by atoms with E-state index in [2.05, 4.69) is 10.0 Å². The van der Waals surface area contributed by atoms with Gasteiger partial charge < -0.3 is 5.11 Å². The molecule has 136 valence electrons. The number of azide groups is 1. The zero-order valence-electron chi connectivity index (χ0n) is 13.2. The van der Waals surface area contributed by atoms with Crippen LogP contribution in [0.3, 0.4) is 0 Å². The predicted molar refractivity (Wildman–Crippen MR) is 89.4 cm³/mol. The quantitative estimate of drug-likeness (QED) is 0.161. The molecular formula is C18H13F3FeN3O-. The number of alkyl halides is 3. The molecule has 2 aromatic carbocycles. The fourth-order valence-corrected chi connectivity index (χ4v) is 2.03. The summed E-state index contributed by atoms with van der Waals surface area (Å²) in [5, 5.41) is 12.4. The molecule has 0 bridgehead atoms. The van der Waals surface area contributed by atoms with Crippen LogP contribution < -0.4 is 0 Å². The molecule has 0 aromatic heterocycles. The fourth-order valence-electron chi connectivity index (χ4n) is 2.03. The van der Waals surface area contributed by atoms with E-state index in [4.69, 9.17) is 5.53 Å². The summed E-state index contributed by atoms with van der Waals surface area (Å²) in [6.07, 6.45) is 0.272. The average Bonchev–Trinajstić information content (AvgIpc) is 3.29. The Hall–Kier alpha value is -2.79. The second kappa shape index (κ2) is 9.63. The second-order valence-corrected chi connectivity index (χ2v) is 4.94. The van der Waals surface area contributed by atoms with Crippen LogP contribution >= 0.6 is 0 Å². The van der Waals surface area contributed by atoms with Crippen molar-refractivity contribution in [2.24, 2.45) is 5.11 Å². The van der Waals surface area contributed by atoms with Crippen LogP contribution in [0.5, 0.6) is 0 Å². The molecule has 8 heteroatoms. The Morgan fingerprint density at radius 3 is 2.15 bits per heavy atom. The Balaban J connectivity index is 0.000000486. The molecule has 0 radical (unpaired) electrons. The third-order valence-corrected chi connectivity index (χ3v) is 3.25. The molecule has 0 saturated carbocycles. The van der Waals surface area contributed by atoms with Gasteiger partial charge in [0.05, 0.1) is 5.56 Å². The third kappa shape index (κ3) is 5.93. The van der Waals surface area contributed by atoms with Gasteiger partial charge in [-0.2, -0.15) is 31.4 Å². The number of hydrogen-bond acceptors (Lipinski definition) is 2. The van der Waals surface area contributed by atoms with Crippen LogP contribution in [0.15, 0.2) is 89.4 Å². The van der Waals surface area contributed by atoms with E-state index >= 15 is 0 Å².